The molecule has 0 spiro atoms. The van der Waals surface area contributed by atoms with Crippen LogP contribution in [0.2, 0.25) is 5.02 Å². The summed E-state index contributed by atoms with van der Waals surface area (Å²) >= 11 is 5.94. The summed E-state index contributed by atoms with van der Waals surface area (Å²) in [4.78, 5) is 12.0. The molecule has 0 aliphatic rings. The van der Waals surface area contributed by atoms with E-state index >= 15 is 0 Å². The average Bonchev–Trinajstić information content (AvgIpc) is 2.75. The van der Waals surface area contributed by atoms with Crippen molar-refractivity contribution in [3.8, 4) is 0 Å². The minimum atomic E-state index is -0.807. The molecule has 0 saturated heterocycles. The number of rotatable bonds is 4. The molecular weight excluding hydrogens is 278 g/mol. The third-order valence-electron chi connectivity index (χ3n) is 3.01. The van der Waals surface area contributed by atoms with Crippen LogP contribution in [0.3, 0.4) is 0 Å². The first kappa shape index (κ1) is 14.6. The number of carbonyl (C=O) groups excluding carboxylic acids is 1. The van der Waals surface area contributed by atoms with Crippen LogP contribution in [0, 0.1) is 13.8 Å². The van der Waals surface area contributed by atoms with Gasteiger partial charge in [0.1, 0.15) is 11.5 Å². The largest absolute Gasteiger partial charge is 0.466 e. The van der Waals surface area contributed by atoms with E-state index in [1.54, 1.807) is 37.3 Å². The second kappa shape index (κ2) is 6.11. The Hall–Kier alpha value is -1.78. The second-order valence-corrected chi connectivity index (χ2v) is 4.98. The lowest BCUT2D eigenvalue weighted by Crippen LogP contribution is -2.28. The van der Waals surface area contributed by atoms with E-state index in [9.17, 15) is 9.90 Å². The Kier molecular flexibility index (Phi) is 4.47. The molecular formula is C15H16ClNO3. The standard InChI is InChI=1S/C15H16ClNO3/c1-9-7-12(10(2)20-9)14(18)8-17-15(19)11-5-3-4-6-13(11)16/h3-7,14,18H,8H2,1-2H3,(H,17,19). The minimum Gasteiger partial charge on any atom is -0.466 e. The van der Waals surface area contributed by atoms with Crippen LogP contribution in [0.15, 0.2) is 34.7 Å². The van der Waals surface area contributed by atoms with Gasteiger partial charge in [0.2, 0.25) is 0 Å². The summed E-state index contributed by atoms with van der Waals surface area (Å²) in [5, 5.41) is 13.1. The number of carbonyl (C=O) groups is 1. The highest BCUT2D eigenvalue weighted by Crippen LogP contribution is 2.21. The Labute approximate surface area is 122 Å². The molecule has 1 amide bonds. The highest BCUT2D eigenvalue weighted by Gasteiger charge is 2.16. The molecule has 1 heterocycles. The van der Waals surface area contributed by atoms with Crippen molar-refractivity contribution in [2.24, 2.45) is 0 Å². The summed E-state index contributed by atoms with van der Waals surface area (Å²) in [5.41, 5.74) is 1.07. The molecule has 0 aliphatic heterocycles. The summed E-state index contributed by atoms with van der Waals surface area (Å²) in [6, 6.07) is 8.54. The fraction of sp³-hybridized carbons (Fsp3) is 0.267. The van der Waals surface area contributed by atoms with Gasteiger partial charge in [0, 0.05) is 12.1 Å². The predicted molar refractivity (Wildman–Crippen MR) is 76.9 cm³/mol. The van der Waals surface area contributed by atoms with E-state index in [4.69, 9.17) is 16.0 Å². The Balaban J connectivity index is 2.00. The van der Waals surface area contributed by atoms with Gasteiger partial charge in [-0.05, 0) is 32.0 Å². The number of hydrogen-bond acceptors (Lipinski definition) is 3. The van der Waals surface area contributed by atoms with Crippen molar-refractivity contribution in [3.63, 3.8) is 0 Å². The van der Waals surface area contributed by atoms with Crippen LogP contribution in [-0.4, -0.2) is 17.6 Å². The van der Waals surface area contributed by atoms with Gasteiger partial charge in [-0.2, -0.15) is 0 Å². The van der Waals surface area contributed by atoms with Gasteiger partial charge >= 0.3 is 0 Å². The molecule has 0 bridgehead atoms. The average molecular weight is 294 g/mol. The number of nitrogens with one attached hydrogen (secondary N) is 1. The monoisotopic (exact) mass is 293 g/mol. The topological polar surface area (TPSA) is 62.5 Å². The fourth-order valence-corrected chi connectivity index (χ4v) is 2.24. The molecule has 2 N–H and O–H groups in total. The zero-order chi connectivity index (χ0) is 14.7. The van der Waals surface area contributed by atoms with Gasteiger partial charge in [-0.3, -0.25) is 4.79 Å². The van der Waals surface area contributed by atoms with Gasteiger partial charge in [0.05, 0.1) is 16.7 Å². The van der Waals surface area contributed by atoms with E-state index in [1.165, 1.54) is 0 Å². The molecule has 2 aromatic rings. The lowest BCUT2D eigenvalue weighted by atomic mass is 10.1. The van der Waals surface area contributed by atoms with Crippen LogP contribution in [0.25, 0.3) is 0 Å². The van der Waals surface area contributed by atoms with E-state index in [1.807, 2.05) is 6.92 Å². The third kappa shape index (κ3) is 3.21. The van der Waals surface area contributed by atoms with Crippen LogP contribution in [0.5, 0.6) is 0 Å². The molecule has 1 aromatic carbocycles. The molecule has 0 fully saturated rings. The highest BCUT2D eigenvalue weighted by atomic mass is 35.5. The van der Waals surface area contributed by atoms with Crippen LogP contribution in [0.4, 0.5) is 0 Å². The van der Waals surface area contributed by atoms with Gasteiger partial charge in [0.15, 0.2) is 0 Å². The molecule has 0 saturated carbocycles. The fourth-order valence-electron chi connectivity index (χ4n) is 2.02. The number of aliphatic hydroxyl groups excluding tert-OH is 1. The van der Waals surface area contributed by atoms with Gasteiger partial charge in [-0.25, -0.2) is 0 Å². The SMILES string of the molecule is Cc1cc(C(O)CNC(=O)c2ccccc2Cl)c(C)o1. The summed E-state index contributed by atoms with van der Waals surface area (Å²) in [7, 11) is 0. The Bertz CT molecular complexity index is 621. The summed E-state index contributed by atoms with van der Waals surface area (Å²) < 4.78 is 5.35. The Morgan fingerprint density at radius 1 is 1.40 bits per heavy atom. The Morgan fingerprint density at radius 2 is 2.10 bits per heavy atom. The summed E-state index contributed by atoms with van der Waals surface area (Å²) in [6.07, 6.45) is -0.807. The maximum Gasteiger partial charge on any atom is 0.252 e. The number of furan rings is 1. The first-order valence-electron chi connectivity index (χ1n) is 6.26. The number of amides is 1. The zero-order valence-electron chi connectivity index (χ0n) is 11.3. The quantitative estimate of drug-likeness (QED) is 0.911. The van der Waals surface area contributed by atoms with Crippen molar-refractivity contribution < 1.29 is 14.3 Å². The molecule has 20 heavy (non-hydrogen) atoms. The van der Waals surface area contributed by atoms with Crippen LogP contribution >= 0.6 is 11.6 Å². The van der Waals surface area contributed by atoms with Crippen LogP contribution in [0.1, 0.15) is 33.5 Å². The molecule has 1 atom stereocenters. The summed E-state index contributed by atoms with van der Waals surface area (Å²) in [5.74, 6) is 1.07. The number of aryl methyl sites for hydroxylation is 2. The van der Waals surface area contributed by atoms with Gasteiger partial charge in [-0.15, -0.1) is 0 Å². The van der Waals surface area contributed by atoms with Crippen molar-refractivity contribution in [2.75, 3.05) is 6.54 Å². The molecule has 1 unspecified atom stereocenters. The van der Waals surface area contributed by atoms with E-state index in [-0.39, 0.29) is 12.5 Å². The molecule has 0 aliphatic carbocycles. The van der Waals surface area contributed by atoms with Crippen molar-refractivity contribution in [1.82, 2.24) is 5.32 Å². The molecule has 0 radical (unpaired) electrons. The normalized spacial score (nSPS) is 12.2. The van der Waals surface area contributed by atoms with E-state index < -0.39 is 6.10 Å². The van der Waals surface area contributed by atoms with Crippen molar-refractivity contribution >= 4 is 17.5 Å². The van der Waals surface area contributed by atoms with Gasteiger partial charge in [0.25, 0.3) is 5.91 Å². The summed E-state index contributed by atoms with van der Waals surface area (Å²) in [6.45, 7) is 3.69. The first-order chi connectivity index (χ1) is 9.49. The molecule has 1 aromatic heterocycles. The van der Waals surface area contributed by atoms with Crippen molar-refractivity contribution in [3.05, 3.63) is 58.0 Å². The zero-order valence-corrected chi connectivity index (χ0v) is 12.1. The van der Waals surface area contributed by atoms with Gasteiger partial charge < -0.3 is 14.8 Å². The molecule has 4 nitrogen and oxygen atoms in total. The highest BCUT2D eigenvalue weighted by molar-refractivity contribution is 6.33. The molecule has 5 heteroatoms. The van der Waals surface area contributed by atoms with Crippen LogP contribution < -0.4 is 5.32 Å². The van der Waals surface area contributed by atoms with Crippen molar-refractivity contribution in [2.45, 2.75) is 20.0 Å². The number of aliphatic hydroxyl groups is 1. The van der Waals surface area contributed by atoms with E-state index in [0.29, 0.717) is 21.9 Å². The first-order valence-corrected chi connectivity index (χ1v) is 6.64. The maximum absolute atomic E-state index is 12.0. The van der Waals surface area contributed by atoms with Crippen LogP contribution in [-0.2, 0) is 0 Å². The maximum atomic E-state index is 12.0. The van der Waals surface area contributed by atoms with Gasteiger partial charge in [-0.1, -0.05) is 23.7 Å². The minimum absolute atomic E-state index is 0.101. The van der Waals surface area contributed by atoms with E-state index in [2.05, 4.69) is 5.32 Å². The van der Waals surface area contributed by atoms with Crippen molar-refractivity contribution in [1.29, 1.82) is 0 Å². The van der Waals surface area contributed by atoms with E-state index in [0.717, 1.165) is 5.76 Å². The molecule has 2 rings (SSSR count). The second-order valence-electron chi connectivity index (χ2n) is 4.57. The Morgan fingerprint density at radius 3 is 2.70 bits per heavy atom. The molecule has 106 valence electrons. The predicted octanol–water partition coefficient (Wildman–Crippen LogP) is 3.01. The lowest BCUT2D eigenvalue weighted by Gasteiger charge is -2.11. The lowest BCUT2D eigenvalue weighted by molar-refractivity contribution is 0.0915. The third-order valence-corrected chi connectivity index (χ3v) is 3.34. The smallest absolute Gasteiger partial charge is 0.252 e. The number of hydrogen-bond donors (Lipinski definition) is 2. The number of halogens is 1. The number of benzene rings is 1.